The highest BCUT2D eigenvalue weighted by atomic mass is 16.3. The second kappa shape index (κ2) is 12.4. The van der Waals surface area contributed by atoms with Gasteiger partial charge in [-0.3, -0.25) is 4.99 Å². The summed E-state index contributed by atoms with van der Waals surface area (Å²) in [5.74, 6) is -1.84. The van der Waals surface area contributed by atoms with Gasteiger partial charge in [-0.05, 0) is 52.0 Å². The van der Waals surface area contributed by atoms with Crippen LogP contribution in [0.3, 0.4) is 0 Å². The molecule has 0 bridgehead atoms. The minimum Gasteiger partial charge on any atom is -0.456 e. The van der Waals surface area contributed by atoms with E-state index in [4.69, 9.17) is 50.2 Å². The summed E-state index contributed by atoms with van der Waals surface area (Å²) in [5, 5.41) is -1.97. The number of amidine groups is 2. The van der Waals surface area contributed by atoms with Gasteiger partial charge in [0, 0.05) is 27.1 Å². The standard InChI is InChI=1S/C45H31N3O2/c46-44(37-20-9-18-35-34-16-7-8-21-38(34)50-43(35)37)48-45(47-28-29-24-26-31(27-25-29)30-12-3-1-4-13-30)36-19-11-23-40-42(36)41-33(17-10-22-39(41)49-40)32-14-5-2-6-15-32/h1-27H,28H2,(H2,46,47,48)/i1D,2D,3D,4D,5D,6D,7D,8D,9D,10D,11D,12D,13D,14D,15D,16D,17D,18D,19D,20D,21D,22D,23D,24D,25D,26D,27D. The Balaban J connectivity index is 1.45. The van der Waals surface area contributed by atoms with Crippen LogP contribution in [0.5, 0.6) is 0 Å². The smallest absolute Gasteiger partial charge is 0.158 e. The molecule has 0 fully saturated rings. The maximum Gasteiger partial charge on any atom is 0.158 e. The van der Waals surface area contributed by atoms with Crippen molar-refractivity contribution in [3.05, 3.63) is 180 Å². The molecule has 0 aliphatic rings. The molecule has 50 heavy (non-hydrogen) atoms. The van der Waals surface area contributed by atoms with Crippen molar-refractivity contribution in [3.63, 3.8) is 0 Å². The third-order valence-corrected chi connectivity index (χ3v) is 7.34. The molecule has 238 valence electrons. The third kappa shape index (κ3) is 5.22. The van der Waals surface area contributed by atoms with Gasteiger partial charge in [0.1, 0.15) is 28.2 Å². The van der Waals surface area contributed by atoms with Gasteiger partial charge in [0.05, 0.1) is 49.1 Å². The van der Waals surface area contributed by atoms with E-state index in [0.717, 1.165) is 0 Å². The molecular weight excluding hydrogens is 615 g/mol. The van der Waals surface area contributed by atoms with Gasteiger partial charge in [0.25, 0.3) is 0 Å². The van der Waals surface area contributed by atoms with Crippen LogP contribution >= 0.6 is 0 Å². The lowest BCUT2D eigenvalue weighted by Crippen LogP contribution is -2.17. The van der Waals surface area contributed by atoms with Crippen molar-refractivity contribution in [1.82, 2.24) is 0 Å². The zero-order chi connectivity index (χ0) is 56.9. The minimum atomic E-state index is -1.04. The largest absolute Gasteiger partial charge is 0.456 e. The highest BCUT2D eigenvalue weighted by Crippen LogP contribution is 2.39. The molecule has 0 amide bonds. The molecule has 9 rings (SSSR count). The zero-order valence-electron chi connectivity index (χ0n) is 52.0. The van der Waals surface area contributed by atoms with E-state index in [1.165, 1.54) is 0 Å². The summed E-state index contributed by atoms with van der Waals surface area (Å²) < 4.78 is 247. The van der Waals surface area contributed by atoms with Crippen molar-refractivity contribution in [2.24, 2.45) is 15.7 Å². The summed E-state index contributed by atoms with van der Waals surface area (Å²) in [4.78, 5) is 8.89. The second-order valence-corrected chi connectivity index (χ2v) is 10.3. The number of hydrogen-bond donors (Lipinski definition) is 1. The van der Waals surface area contributed by atoms with Crippen molar-refractivity contribution in [1.29, 1.82) is 0 Å². The van der Waals surface area contributed by atoms with Crippen LogP contribution in [0, 0.1) is 0 Å². The predicted octanol–water partition coefficient (Wildman–Crippen LogP) is 11.2. The molecule has 0 unspecified atom stereocenters. The van der Waals surface area contributed by atoms with Gasteiger partial charge in [-0.15, -0.1) is 0 Å². The quantitative estimate of drug-likeness (QED) is 0.141. The molecule has 0 aliphatic heterocycles. The van der Waals surface area contributed by atoms with E-state index in [1.807, 2.05) is 0 Å². The van der Waals surface area contributed by atoms with Crippen molar-refractivity contribution in [2.45, 2.75) is 6.54 Å². The van der Waals surface area contributed by atoms with Crippen LogP contribution in [0.25, 0.3) is 66.1 Å². The van der Waals surface area contributed by atoms with E-state index in [9.17, 15) is 1.37 Å². The van der Waals surface area contributed by atoms with Gasteiger partial charge in [0.15, 0.2) is 5.84 Å². The average molecular weight is 673 g/mol. The molecule has 0 radical (unpaired) electrons. The summed E-state index contributed by atoms with van der Waals surface area (Å²) in [6.45, 7) is -1.04. The highest BCUT2D eigenvalue weighted by molar-refractivity contribution is 6.24. The van der Waals surface area contributed by atoms with E-state index in [2.05, 4.69) is 9.98 Å². The van der Waals surface area contributed by atoms with Gasteiger partial charge >= 0.3 is 0 Å². The van der Waals surface area contributed by atoms with Crippen molar-refractivity contribution in [2.75, 3.05) is 0 Å². The molecule has 0 atom stereocenters. The molecule has 0 saturated carbocycles. The van der Waals surface area contributed by atoms with E-state index in [0.29, 0.717) is 0 Å². The van der Waals surface area contributed by atoms with Crippen LogP contribution in [-0.2, 0) is 6.54 Å². The number of furan rings is 2. The van der Waals surface area contributed by atoms with Crippen LogP contribution in [0.15, 0.2) is 182 Å². The van der Waals surface area contributed by atoms with Crippen molar-refractivity contribution in [3.8, 4) is 22.3 Å². The molecule has 2 N–H and O–H groups in total. The number of nitrogens with zero attached hydrogens (tertiary/aromatic N) is 2. The molecule has 0 saturated heterocycles. The number of para-hydroxylation sites is 2. The van der Waals surface area contributed by atoms with Crippen LogP contribution in [0.2, 0.25) is 0 Å². The average Bonchev–Trinajstić information content (AvgIpc) is 3.99. The van der Waals surface area contributed by atoms with Crippen molar-refractivity contribution >= 4 is 55.5 Å². The number of rotatable bonds is 6. The van der Waals surface area contributed by atoms with Crippen LogP contribution < -0.4 is 5.73 Å². The van der Waals surface area contributed by atoms with Crippen LogP contribution in [-0.4, -0.2) is 11.7 Å². The Morgan fingerprint density at radius 3 is 1.92 bits per heavy atom. The van der Waals surface area contributed by atoms with Crippen LogP contribution in [0.4, 0.5) is 0 Å². The molecule has 0 spiro atoms. The SMILES string of the molecule is [2H]c1c([2H])c([2H])c(-c2c([2H])c([2H])c(CN=C(N=C(N)c3c([2H])c([2H])c([2H])c4c3oc3c([2H])c([2H])c([2H])c([2H])c34)c3c([2H])c([2H])c([2H])c4oc5c([2H])c([2H])c([2H])c(-c6c([2H])c([2H])c([2H])c([2H])c6[2H])c5c34)c([2H])c2[2H])c([2H])c1[2H]. The summed E-state index contributed by atoms with van der Waals surface area (Å²) >= 11 is 0. The Hall–Kier alpha value is -6.72. The first-order valence-corrected chi connectivity index (χ1v) is 14.4. The van der Waals surface area contributed by atoms with E-state index in [1.54, 1.807) is 0 Å². The maximum absolute atomic E-state index is 9.43. The van der Waals surface area contributed by atoms with E-state index >= 15 is 0 Å². The number of hydrogen-bond acceptors (Lipinski definition) is 3. The number of benzene rings is 7. The first kappa shape index (κ1) is 12.6. The summed E-state index contributed by atoms with van der Waals surface area (Å²) in [6.07, 6.45) is 0. The molecule has 0 aliphatic carbocycles. The highest BCUT2D eigenvalue weighted by Gasteiger charge is 2.20. The Morgan fingerprint density at radius 1 is 0.520 bits per heavy atom. The normalized spacial score (nSPS) is 20.0. The Kier molecular flexibility index (Phi) is 3.13. The van der Waals surface area contributed by atoms with Gasteiger partial charge in [-0.25, -0.2) is 4.99 Å². The number of aliphatic imine (C=N–C) groups is 2. The molecule has 9 aromatic rings. The number of fused-ring (bicyclic) bond motifs is 6. The Morgan fingerprint density at radius 2 is 1.12 bits per heavy atom. The fourth-order valence-electron chi connectivity index (χ4n) is 5.16. The monoisotopic (exact) mass is 672 g/mol. The molecule has 5 heteroatoms. The van der Waals surface area contributed by atoms with Gasteiger partial charge in [-0.1, -0.05) is 139 Å². The minimum absolute atomic E-state index is 0.390. The maximum atomic E-state index is 9.43. The van der Waals surface area contributed by atoms with Gasteiger partial charge in [0.2, 0.25) is 0 Å². The molecule has 2 aromatic heterocycles. The zero-order valence-corrected chi connectivity index (χ0v) is 25.0. The molecular formula is C45H31N3O2. The lowest BCUT2D eigenvalue weighted by molar-refractivity contribution is 0.668. The topological polar surface area (TPSA) is 77.0 Å². The van der Waals surface area contributed by atoms with Gasteiger partial charge < -0.3 is 14.6 Å². The molecule has 2 heterocycles. The van der Waals surface area contributed by atoms with Crippen LogP contribution in [0.1, 0.15) is 53.7 Å². The lowest BCUT2D eigenvalue weighted by Gasteiger charge is -2.09. The van der Waals surface area contributed by atoms with Crippen molar-refractivity contribution < 1.29 is 45.8 Å². The summed E-state index contributed by atoms with van der Waals surface area (Å²) in [5.41, 5.74) is -0.549. The Bertz CT molecular complexity index is 4210. The third-order valence-electron chi connectivity index (χ3n) is 7.34. The predicted molar refractivity (Wildman–Crippen MR) is 206 cm³/mol. The van der Waals surface area contributed by atoms with E-state index in [-0.39, 0.29) is 5.39 Å². The molecule has 5 nitrogen and oxygen atoms in total. The first-order valence-electron chi connectivity index (χ1n) is 27.9. The lowest BCUT2D eigenvalue weighted by atomic mass is 9.97. The molecule has 7 aromatic carbocycles. The summed E-state index contributed by atoms with van der Waals surface area (Å²) in [6, 6.07) is -23.3. The van der Waals surface area contributed by atoms with Gasteiger partial charge in [-0.2, -0.15) is 0 Å². The first-order chi connectivity index (χ1) is 35.9. The fraction of sp³-hybridized carbons (Fsp3) is 0.0222. The second-order valence-electron chi connectivity index (χ2n) is 10.3. The fourth-order valence-corrected chi connectivity index (χ4v) is 5.16. The number of nitrogens with two attached hydrogens (primary N) is 1. The summed E-state index contributed by atoms with van der Waals surface area (Å²) in [7, 11) is 0. The van der Waals surface area contributed by atoms with E-state index < -0.39 is 259 Å². The Labute approximate surface area is 326 Å².